The number of aryl methyl sites for hydroxylation is 1. The molecule has 1 aromatic rings. The van der Waals surface area contributed by atoms with Crippen molar-refractivity contribution in [3.8, 4) is 6.07 Å². The second-order valence-corrected chi connectivity index (χ2v) is 2.06. The molecular formula is C7H6N2O3. The van der Waals surface area contributed by atoms with Crippen molar-refractivity contribution in [1.82, 2.24) is 5.16 Å². The van der Waals surface area contributed by atoms with E-state index in [4.69, 9.17) is 5.26 Å². The average molecular weight is 166 g/mol. The minimum absolute atomic E-state index is 0.0859. The molecular weight excluding hydrogens is 160 g/mol. The van der Waals surface area contributed by atoms with Crippen molar-refractivity contribution in [3.63, 3.8) is 0 Å². The standard InChI is InChI=1S/C7H6N2O3/c1-5-4-6(9-12-5)7(10)11-3-2-8/h4H,3H2,1H3. The van der Waals surface area contributed by atoms with E-state index in [1.807, 2.05) is 0 Å². The third kappa shape index (κ3) is 1.83. The molecule has 0 radical (unpaired) electrons. The van der Waals surface area contributed by atoms with Crippen LogP contribution in [0.25, 0.3) is 0 Å². The number of hydrogen-bond donors (Lipinski definition) is 0. The third-order valence-electron chi connectivity index (χ3n) is 1.10. The zero-order valence-electron chi connectivity index (χ0n) is 6.40. The summed E-state index contributed by atoms with van der Waals surface area (Å²) in [6.45, 7) is 1.39. The first-order chi connectivity index (χ1) is 5.74. The van der Waals surface area contributed by atoms with Crippen LogP contribution >= 0.6 is 0 Å². The van der Waals surface area contributed by atoms with Gasteiger partial charge in [-0.1, -0.05) is 5.16 Å². The first-order valence-electron chi connectivity index (χ1n) is 3.21. The molecule has 5 heteroatoms. The van der Waals surface area contributed by atoms with Crippen molar-refractivity contribution >= 4 is 5.97 Å². The molecule has 12 heavy (non-hydrogen) atoms. The van der Waals surface area contributed by atoms with E-state index < -0.39 is 5.97 Å². The lowest BCUT2D eigenvalue weighted by Gasteiger charge is -1.92. The molecule has 0 aliphatic carbocycles. The summed E-state index contributed by atoms with van der Waals surface area (Å²) >= 11 is 0. The Bertz CT molecular complexity index is 324. The van der Waals surface area contributed by atoms with Crippen LogP contribution in [0.5, 0.6) is 0 Å². The van der Waals surface area contributed by atoms with Crippen molar-refractivity contribution in [2.24, 2.45) is 0 Å². The van der Waals surface area contributed by atoms with Crippen molar-refractivity contribution in [1.29, 1.82) is 5.26 Å². The van der Waals surface area contributed by atoms with Gasteiger partial charge in [0, 0.05) is 6.07 Å². The van der Waals surface area contributed by atoms with E-state index >= 15 is 0 Å². The van der Waals surface area contributed by atoms with Gasteiger partial charge in [0.15, 0.2) is 12.3 Å². The highest BCUT2D eigenvalue weighted by molar-refractivity contribution is 5.87. The normalized spacial score (nSPS) is 9.00. The molecule has 0 unspecified atom stereocenters. The quantitative estimate of drug-likeness (QED) is 0.603. The number of nitriles is 1. The van der Waals surface area contributed by atoms with E-state index in [1.54, 1.807) is 13.0 Å². The van der Waals surface area contributed by atoms with Crippen LogP contribution in [0.2, 0.25) is 0 Å². The predicted octanol–water partition coefficient (Wildman–Crippen LogP) is 0.663. The largest absolute Gasteiger partial charge is 0.445 e. The summed E-state index contributed by atoms with van der Waals surface area (Å²) in [5.41, 5.74) is 0.0859. The van der Waals surface area contributed by atoms with E-state index in [-0.39, 0.29) is 12.3 Å². The van der Waals surface area contributed by atoms with Crippen LogP contribution in [0.3, 0.4) is 0 Å². The molecule has 0 saturated heterocycles. The van der Waals surface area contributed by atoms with E-state index in [1.165, 1.54) is 6.07 Å². The van der Waals surface area contributed by atoms with Crippen molar-refractivity contribution < 1.29 is 14.1 Å². The van der Waals surface area contributed by atoms with Gasteiger partial charge in [-0.2, -0.15) is 5.26 Å². The van der Waals surface area contributed by atoms with Crippen LogP contribution in [-0.4, -0.2) is 17.7 Å². The monoisotopic (exact) mass is 166 g/mol. The highest BCUT2D eigenvalue weighted by atomic mass is 16.5. The Morgan fingerprint density at radius 3 is 3.17 bits per heavy atom. The summed E-state index contributed by atoms with van der Waals surface area (Å²) in [6, 6.07) is 3.12. The number of nitrogens with zero attached hydrogens (tertiary/aromatic N) is 2. The zero-order chi connectivity index (χ0) is 8.97. The number of carbonyl (C=O) groups is 1. The molecule has 0 atom stereocenters. The van der Waals surface area contributed by atoms with Gasteiger partial charge in [-0.15, -0.1) is 0 Å². The smallest absolute Gasteiger partial charge is 0.361 e. The molecule has 0 aliphatic heterocycles. The van der Waals surface area contributed by atoms with Gasteiger partial charge in [0.1, 0.15) is 11.8 Å². The Morgan fingerprint density at radius 1 is 1.92 bits per heavy atom. The highest BCUT2D eigenvalue weighted by Gasteiger charge is 2.11. The molecule has 0 saturated carbocycles. The molecule has 0 fully saturated rings. The Labute approximate surface area is 68.5 Å². The first-order valence-corrected chi connectivity index (χ1v) is 3.21. The fourth-order valence-corrected chi connectivity index (χ4v) is 0.634. The third-order valence-corrected chi connectivity index (χ3v) is 1.10. The summed E-state index contributed by atoms with van der Waals surface area (Å²) in [5.74, 6) is -0.118. The van der Waals surface area contributed by atoms with Crippen molar-refractivity contribution in [2.75, 3.05) is 6.61 Å². The molecule has 62 valence electrons. The van der Waals surface area contributed by atoms with Crippen molar-refractivity contribution in [3.05, 3.63) is 17.5 Å². The zero-order valence-corrected chi connectivity index (χ0v) is 6.40. The molecule has 1 rings (SSSR count). The number of aromatic nitrogens is 1. The minimum atomic E-state index is -0.645. The fourth-order valence-electron chi connectivity index (χ4n) is 0.634. The minimum Gasteiger partial charge on any atom is -0.445 e. The molecule has 1 heterocycles. The number of ether oxygens (including phenoxy) is 1. The predicted molar refractivity (Wildman–Crippen MR) is 37.1 cm³/mol. The molecule has 5 nitrogen and oxygen atoms in total. The van der Waals surface area contributed by atoms with Crippen LogP contribution in [0.15, 0.2) is 10.6 Å². The van der Waals surface area contributed by atoms with Crippen LogP contribution in [0, 0.1) is 18.3 Å². The Morgan fingerprint density at radius 2 is 2.67 bits per heavy atom. The number of esters is 1. The van der Waals surface area contributed by atoms with Crippen LogP contribution in [-0.2, 0) is 4.74 Å². The molecule has 0 spiro atoms. The SMILES string of the molecule is Cc1cc(C(=O)OCC#N)no1. The maximum atomic E-state index is 10.9. The fraction of sp³-hybridized carbons (Fsp3) is 0.286. The number of rotatable bonds is 2. The molecule has 0 amide bonds. The van der Waals surface area contributed by atoms with Gasteiger partial charge in [-0.05, 0) is 6.92 Å². The number of carbonyl (C=O) groups excluding carboxylic acids is 1. The highest BCUT2D eigenvalue weighted by Crippen LogP contribution is 2.02. The Balaban J connectivity index is 2.61. The van der Waals surface area contributed by atoms with E-state index in [0.29, 0.717) is 5.76 Å². The second kappa shape index (κ2) is 3.53. The van der Waals surface area contributed by atoms with Crippen LogP contribution in [0.1, 0.15) is 16.2 Å². The molecule has 0 aromatic carbocycles. The topological polar surface area (TPSA) is 76.1 Å². The summed E-state index contributed by atoms with van der Waals surface area (Å²) in [5, 5.41) is 11.5. The van der Waals surface area contributed by atoms with Gasteiger partial charge in [0.25, 0.3) is 0 Å². The average Bonchev–Trinajstić information content (AvgIpc) is 2.47. The van der Waals surface area contributed by atoms with Crippen LogP contribution < -0.4 is 0 Å². The molecule has 0 aliphatic rings. The van der Waals surface area contributed by atoms with Crippen LogP contribution in [0.4, 0.5) is 0 Å². The summed E-state index contributed by atoms with van der Waals surface area (Å²) in [4.78, 5) is 10.9. The molecule has 1 aromatic heterocycles. The summed E-state index contributed by atoms with van der Waals surface area (Å²) in [7, 11) is 0. The summed E-state index contributed by atoms with van der Waals surface area (Å²) < 4.78 is 9.10. The lowest BCUT2D eigenvalue weighted by molar-refractivity contribution is 0.0543. The molecule has 0 N–H and O–H groups in total. The van der Waals surface area contributed by atoms with Gasteiger partial charge in [-0.25, -0.2) is 4.79 Å². The van der Waals surface area contributed by atoms with Gasteiger partial charge < -0.3 is 9.26 Å². The lowest BCUT2D eigenvalue weighted by atomic mass is 10.4. The van der Waals surface area contributed by atoms with Gasteiger partial charge >= 0.3 is 5.97 Å². The maximum absolute atomic E-state index is 10.9. The maximum Gasteiger partial charge on any atom is 0.361 e. The summed E-state index contributed by atoms with van der Waals surface area (Å²) in [6.07, 6.45) is 0. The van der Waals surface area contributed by atoms with Gasteiger partial charge in [0.05, 0.1) is 0 Å². The lowest BCUT2D eigenvalue weighted by Crippen LogP contribution is -2.05. The van der Waals surface area contributed by atoms with E-state index in [0.717, 1.165) is 0 Å². The van der Waals surface area contributed by atoms with Gasteiger partial charge in [-0.3, -0.25) is 0 Å². The second-order valence-electron chi connectivity index (χ2n) is 2.06. The van der Waals surface area contributed by atoms with E-state index in [9.17, 15) is 4.79 Å². The Kier molecular flexibility index (Phi) is 2.43. The first kappa shape index (κ1) is 8.27. The number of hydrogen-bond acceptors (Lipinski definition) is 5. The van der Waals surface area contributed by atoms with Gasteiger partial charge in [0.2, 0.25) is 0 Å². The van der Waals surface area contributed by atoms with E-state index in [2.05, 4.69) is 14.4 Å². The Hall–Kier alpha value is -1.83. The van der Waals surface area contributed by atoms with Crippen molar-refractivity contribution in [2.45, 2.75) is 6.92 Å². The molecule has 0 bridgehead atoms.